The summed E-state index contributed by atoms with van der Waals surface area (Å²) in [4.78, 5) is 24.1. The largest absolute Gasteiger partial charge is 0.398 e. The van der Waals surface area contributed by atoms with Crippen molar-refractivity contribution in [3.05, 3.63) is 70.8 Å². The standard InChI is InChI=1S/C27H36F3N3O5S/c1-3-5-9-39(37,38)17-24(33-27(30)36)26(35)32-23(13-20-11-21(28)14-22(29)12-20)25(34)16-31-15-19-8-6-7-18(4-2)10-19/h6-8,10-12,14,23-25,31,34H,3-5,9,13,15-17H2,1-2H3,(H,32,35)(H,33,36)/t23-,24+,25+/m0/s1. The molecule has 4 N–H and O–H groups in total. The van der Waals surface area contributed by atoms with Crippen LogP contribution in [0.3, 0.4) is 0 Å². The number of carbonyl (C=O) groups is 2. The van der Waals surface area contributed by atoms with Gasteiger partial charge in [0.25, 0.3) is 0 Å². The summed E-state index contributed by atoms with van der Waals surface area (Å²) in [6, 6.07) is 7.60. The zero-order valence-corrected chi connectivity index (χ0v) is 22.9. The highest BCUT2D eigenvalue weighted by molar-refractivity contribution is 7.91. The number of hydrogen-bond donors (Lipinski definition) is 4. The highest BCUT2D eigenvalue weighted by atomic mass is 32.2. The number of aliphatic hydroxyl groups is 1. The summed E-state index contributed by atoms with van der Waals surface area (Å²) in [5.74, 6) is -3.88. The average Bonchev–Trinajstić information content (AvgIpc) is 2.85. The van der Waals surface area contributed by atoms with Crippen molar-refractivity contribution in [1.82, 2.24) is 16.0 Å². The van der Waals surface area contributed by atoms with Crippen LogP contribution in [0.1, 0.15) is 43.4 Å². The minimum Gasteiger partial charge on any atom is -0.390 e. The summed E-state index contributed by atoms with van der Waals surface area (Å²) in [5.41, 5.74) is 2.20. The lowest BCUT2D eigenvalue weighted by Gasteiger charge is -2.27. The lowest BCUT2D eigenvalue weighted by atomic mass is 10.00. The van der Waals surface area contributed by atoms with Gasteiger partial charge in [-0.05, 0) is 48.1 Å². The number of rotatable bonds is 16. The molecule has 0 spiro atoms. The molecule has 216 valence electrons. The summed E-state index contributed by atoms with van der Waals surface area (Å²) in [6.45, 7) is 4.13. The molecule has 3 atom stereocenters. The summed E-state index contributed by atoms with van der Waals surface area (Å²) in [5, 5.41) is 18.1. The van der Waals surface area contributed by atoms with E-state index in [9.17, 15) is 36.3 Å². The van der Waals surface area contributed by atoms with Gasteiger partial charge in [0.15, 0.2) is 9.84 Å². The maximum absolute atomic E-state index is 13.8. The first-order valence-electron chi connectivity index (χ1n) is 12.8. The second kappa shape index (κ2) is 15.6. The number of halogens is 3. The monoisotopic (exact) mass is 571 g/mol. The molecule has 12 heteroatoms. The van der Waals surface area contributed by atoms with Gasteiger partial charge >= 0.3 is 6.16 Å². The van der Waals surface area contributed by atoms with Crippen LogP contribution in [0.4, 0.5) is 18.0 Å². The number of sulfone groups is 1. The van der Waals surface area contributed by atoms with Crippen molar-refractivity contribution in [3.63, 3.8) is 0 Å². The topological polar surface area (TPSA) is 125 Å². The smallest absolute Gasteiger partial charge is 0.390 e. The van der Waals surface area contributed by atoms with E-state index in [0.29, 0.717) is 25.5 Å². The van der Waals surface area contributed by atoms with E-state index in [1.54, 1.807) is 12.2 Å². The molecular formula is C27H36F3N3O5S. The van der Waals surface area contributed by atoms with Gasteiger partial charge in [-0.1, -0.05) is 44.5 Å². The van der Waals surface area contributed by atoms with E-state index in [1.165, 1.54) is 0 Å². The molecule has 0 aliphatic heterocycles. The van der Waals surface area contributed by atoms with Crippen molar-refractivity contribution in [2.45, 2.75) is 64.3 Å². The molecule has 2 rings (SSSR count). The number of benzene rings is 2. The quantitative estimate of drug-likeness (QED) is 0.181. The molecule has 0 heterocycles. The number of unbranched alkanes of at least 4 members (excludes halogenated alkanes) is 1. The Kier molecular flexibility index (Phi) is 12.9. The van der Waals surface area contributed by atoms with Crippen molar-refractivity contribution in [1.29, 1.82) is 0 Å². The van der Waals surface area contributed by atoms with Gasteiger partial charge in [0.2, 0.25) is 5.91 Å². The van der Waals surface area contributed by atoms with Gasteiger partial charge < -0.3 is 21.1 Å². The summed E-state index contributed by atoms with van der Waals surface area (Å²) >= 11 is 0. The van der Waals surface area contributed by atoms with Gasteiger partial charge in [-0.15, -0.1) is 4.39 Å². The molecule has 8 nitrogen and oxygen atoms in total. The van der Waals surface area contributed by atoms with E-state index in [1.807, 2.05) is 31.2 Å². The molecule has 2 amide bonds. The third kappa shape index (κ3) is 11.8. The van der Waals surface area contributed by atoms with Gasteiger partial charge in [-0.2, -0.15) is 0 Å². The number of hydrogen-bond acceptors (Lipinski definition) is 6. The molecule has 0 aliphatic rings. The summed E-state index contributed by atoms with van der Waals surface area (Å²) in [6.07, 6.45) is -1.89. The summed E-state index contributed by atoms with van der Waals surface area (Å²) in [7, 11) is -3.83. The molecule has 0 fully saturated rings. The van der Waals surface area contributed by atoms with E-state index in [4.69, 9.17) is 0 Å². The first kappa shape index (κ1) is 32.3. The molecule has 2 aromatic carbocycles. The third-order valence-electron chi connectivity index (χ3n) is 6.09. The molecule has 39 heavy (non-hydrogen) atoms. The highest BCUT2D eigenvalue weighted by Crippen LogP contribution is 2.13. The van der Waals surface area contributed by atoms with Crippen LogP contribution in [0.5, 0.6) is 0 Å². The van der Waals surface area contributed by atoms with Gasteiger partial charge in [-0.3, -0.25) is 4.79 Å². The maximum Gasteiger partial charge on any atom is 0.398 e. The van der Waals surface area contributed by atoms with E-state index in [0.717, 1.165) is 29.7 Å². The van der Waals surface area contributed by atoms with Gasteiger partial charge in [0.05, 0.1) is 23.7 Å². The van der Waals surface area contributed by atoms with Gasteiger partial charge in [0.1, 0.15) is 17.7 Å². The molecule has 0 aromatic heterocycles. The lowest BCUT2D eigenvalue weighted by molar-refractivity contribution is -0.124. The van der Waals surface area contributed by atoms with Crippen LogP contribution >= 0.6 is 0 Å². The average molecular weight is 572 g/mol. The predicted molar refractivity (Wildman–Crippen MR) is 143 cm³/mol. The SMILES string of the molecule is CCCCS(=O)(=O)C[C@@H](NC(=O)F)C(=O)N[C@@H](Cc1cc(F)cc(F)c1)[C@H](O)CNCc1cccc(CC)c1. The van der Waals surface area contributed by atoms with Crippen LogP contribution in [0.15, 0.2) is 42.5 Å². The zero-order chi connectivity index (χ0) is 29.0. The Morgan fingerprint density at radius 1 is 0.974 bits per heavy atom. The molecule has 0 saturated heterocycles. The molecule has 0 bridgehead atoms. The van der Waals surface area contributed by atoms with Crippen molar-refractivity contribution in [3.8, 4) is 0 Å². The van der Waals surface area contributed by atoms with E-state index in [-0.39, 0.29) is 24.3 Å². The molecule has 0 aliphatic carbocycles. The van der Waals surface area contributed by atoms with Crippen LogP contribution in [-0.4, -0.2) is 61.8 Å². The first-order chi connectivity index (χ1) is 18.4. The highest BCUT2D eigenvalue weighted by Gasteiger charge is 2.31. The van der Waals surface area contributed by atoms with E-state index < -0.39 is 57.5 Å². The number of aryl methyl sites for hydroxylation is 1. The fourth-order valence-electron chi connectivity index (χ4n) is 4.04. The minimum absolute atomic E-state index is 0.0476. The number of carbonyl (C=O) groups excluding carboxylic acids is 2. The van der Waals surface area contributed by atoms with Gasteiger partial charge in [0, 0.05) is 19.2 Å². The Hall–Kier alpha value is -2.96. The third-order valence-corrected chi connectivity index (χ3v) is 7.84. The molecule has 0 unspecified atom stereocenters. The first-order valence-corrected chi connectivity index (χ1v) is 14.6. The molecule has 0 saturated carbocycles. The number of nitrogens with one attached hydrogen (secondary N) is 3. The Balaban J connectivity index is 2.20. The van der Waals surface area contributed by atoms with Crippen LogP contribution in [0, 0.1) is 11.6 Å². The molecule has 2 aromatic rings. The lowest BCUT2D eigenvalue weighted by Crippen LogP contribution is -2.56. The molecule has 0 radical (unpaired) electrons. The van der Waals surface area contributed by atoms with Crippen molar-refractivity contribution >= 4 is 21.9 Å². The summed E-state index contributed by atoms with van der Waals surface area (Å²) < 4.78 is 65.6. The Labute approximate surface area is 227 Å². The molecular weight excluding hydrogens is 535 g/mol. The number of amides is 2. The van der Waals surface area contributed by atoms with Crippen LogP contribution in [-0.2, 0) is 34.0 Å². The van der Waals surface area contributed by atoms with Crippen molar-refractivity contribution in [2.24, 2.45) is 0 Å². The predicted octanol–water partition coefficient (Wildman–Crippen LogP) is 2.97. The van der Waals surface area contributed by atoms with E-state index in [2.05, 4.69) is 10.6 Å². The van der Waals surface area contributed by atoms with Crippen LogP contribution < -0.4 is 16.0 Å². The normalized spacial score (nSPS) is 13.9. The van der Waals surface area contributed by atoms with Crippen LogP contribution in [0.2, 0.25) is 0 Å². The number of aliphatic hydroxyl groups excluding tert-OH is 1. The zero-order valence-electron chi connectivity index (χ0n) is 22.1. The van der Waals surface area contributed by atoms with Crippen LogP contribution in [0.25, 0.3) is 0 Å². The van der Waals surface area contributed by atoms with Crippen molar-refractivity contribution < 1.29 is 36.3 Å². The maximum atomic E-state index is 13.8. The fourth-order valence-corrected chi connectivity index (χ4v) is 5.67. The fraction of sp³-hybridized carbons (Fsp3) is 0.481. The van der Waals surface area contributed by atoms with Crippen molar-refractivity contribution in [2.75, 3.05) is 18.1 Å². The Bertz CT molecular complexity index is 1190. The van der Waals surface area contributed by atoms with E-state index >= 15 is 0 Å². The minimum atomic E-state index is -3.83. The Morgan fingerprint density at radius 2 is 1.64 bits per heavy atom. The second-order valence-corrected chi connectivity index (χ2v) is 11.6. The second-order valence-electron chi connectivity index (χ2n) is 9.41. The van der Waals surface area contributed by atoms with Gasteiger partial charge in [-0.25, -0.2) is 22.0 Å². The Morgan fingerprint density at radius 3 is 2.26 bits per heavy atom.